The maximum Gasteiger partial charge on any atom is 0.131 e. The maximum absolute atomic E-state index is 4.62. The van der Waals surface area contributed by atoms with E-state index in [0.717, 1.165) is 24.2 Å². The second kappa shape index (κ2) is 6.71. The molecule has 1 unspecified atom stereocenters. The largest absolute Gasteiger partial charge is 0.358 e. The van der Waals surface area contributed by atoms with Gasteiger partial charge in [0, 0.05) is 31.2 Å². The van der Waals surface area contributed by atoms with Crippen LogP contribution < -0.4 is 4.90 Å². The first-order valence-corrected chi connectivity index (χ1v) is 8.24. The van der Waals surface area contributed by atoms with Gasteiger partial charge in [-0.3, -0.25) is 4.90 Å². The molecule has 1 aromatic rings. The quantitative estimate of drug-likeness (QED) is 0.775. The summed E-state index contributed by atoms with van der Waals surface area (Å²) in [6.07, 6.45) is 4.62. The molecule has 2 rings (SSSR count). The second-order valence-corrected chi connectivity index (χ2v) is 5.98. The molecule has 1 saturated heterocycles. The highest BCUT2D eigenvalue weighted by Crippen LogP contribution is 2.22. The molecule has 0 spiro atoms. The molecule has 1 aliphatic heterocycles. The standard InChI is InChI=1S/C15H24BrN3/c1-4-19-7-5-6-14(19)11-18(3)15-12(2)8-13(9-16)10-17-15/h8,10,14H,4-7,9,11H2,1-3H3. The number of hydrogen-bond donors (Lipinski definition) is 0. The molecule has 106 valence electrons. The van der Waals surface area contributed by atoms with Crippen molar-refractivity contribution in [3.8, 4) is 0 Å². The number of halogens is 1. The molecule has 0 radical (unpaired) electrons. The predicted octanol–water partition coefficient (Wildman–Crippen LogP) is 3.21. The third-order valence-electron chi connectivity index (χ3n) is 4.01. The highest BCUT2D eigenvalue weighted by Gasteiger charge is 2.24. The van der Waals surface area contributed by atoms with E-state index in [9.17, 15) is 0 Å². The number of aryl methyl sites for hydroxylation is 1. The van der Waals surface area contributed by atoms with Crippen LogP contribution in [0.25, 0.3) is 0 Å². The fourth-order valence-corrected chi connectivity index (χ4v) is 3.33. The molecule has 4 heteroatoms. The van der Waals surface area contributed by atoms with Gasteiger partial charge in [-0.05, 0) is 44.0 Å². The third kappa shape index (κ3) is 3.48. The molecule has 2 heterocycles. The van der Waals surface area contributed by atoms with Crippen LogP contribution in [-0.2, 0) is 5.33 Å². The lowest BCUT2D eigenvalue weighted by Gasteiger charge is -2.29. The molecular formula is C15H24BrN3. The van der Waals surface area contributed by atoms with Crippen molar-refractivity contribution < 1.29 is 0 Å². The van der Waals surface area contributed by atoms with E-state index in [1.54, 1.807) is 0 Å². The number of aromatic nitrogens is 1. The summed E-state index contributed by atoms with van der Waals surface area (Å²) in [7, 11) is 2.16. The Balaban J connectivity index is 2.05. The van der Waals surface area contributed by atoms with E-state index in [2.05, 4.69) is 57.7 Å². The number of likely N-dealkylation sites (N-methyl/N-ethyl adjacent to an activating group) is 2. The Morgan fingerprint density at radius 3 is 2.95 bits per heavy atom. The predicted molar refractivity (Wildman–Crippen MR) is 85.1 cm³/mol. The lowest BCUT2D eigenvalue weighted by atomic mass is 10.2. The summed E-state index contributed by atoms with van der Waals surface area (Å²) < 4.78 is 0. The van der Waals surface area contributed by atoms with Crippen LogP contribution in [0, 0.1) is 6.92 Å². The number of hydrogen-bond acceptors (Lipinski definition) is 3. The van der Waals surface area contributed by atoms with Crippen molar-refractivity contribution in [1.82, 2.24) is 9.88 Å². The van der Waals surface area contributed by atoms with Crippen molar-refractivity contribution in [3.05, 3.63) is 23.4 Å². The minimum atomic E-state index is 0.687. The average molecular weight is 326 g/mol. The Bertz CT molecular complexity index is 422. The second-order valence-electron chi connectivity index (χ2n) is 5.42. The number of rotatable bonds is 5. The highest BCUT2D eigenvalue weighted by molar-refractivity contribution is 9.08. The normalized spacial score (nSPS) is 19.9. The number of alkyl halides is 1. The first-order valence-electron chi connectivity index (χ1n) is 7.12. The van der Waals surface area contributed by atoms with E-state index in [-0.39, 0.29) is 0 Å². The van der Waals surface area contributed by atoms with Gasteiger partial charge in [0.1, 0.15) is 5.82 Å². The van der Waals surface area contributed by atoms with Gasteiger partial charge in [-0.15, -0.1) is 0 Å². The number of pyridine rings is 1. The van der Waals surface area contributed by atoms with Gasteiger partial charge in [0.2, 0.25) is 0 Å². The fraction of sp³-hybridized carbons (Fsp3) is 0.667. The van der Waals surface area contributed by atoms with E-state index in [1.165, 1.54) is 30.5 Å². The van der Waals surface area contributed by atoms with Crippen molar-refractivity contribution in [3.63, 3.8) is 0 Å². The van der Waals surface area contributed by atoms with Crippen molar-refractivity contribution in [2.45, 2.75) is 38.1 Å². The number of anilines is 1. The first kappa shape index (κ1) is 14.8. The lowest BCUT2D eigenvalue weighted by molar-refractivity contribution is 0.270. The topological polar surface area (TPSA) is 19.4 Å². The molecule has 1 aromatic heterocycles. The van der Waals surface area contributed by atoms with Crippen LogP contribution in [0.3, 0.4) is 0 Å². The number of likely N-dealkylation sites (tertiary alicyclic amines) is 1. The van der Waals surface area contributed by atoms with Crippen LogP contribution in [0.4, 0.5) is 5.82 Å². The van der Waals surface area contributed by atoms with Gasteiger partial charge < -0.3 is 4.90 Å². The molecule has 0 aromatic carbocycles. The van der Waals surface area contributed by atoms with Crippen LogP contribution in [0.15, 0.2) is 12.3 Å². The Hall–Kier alpha value is -0.610. The van der Waals surface area contributed by atoms with Crippen LogP contribution in [0.2, 0.25) is 0 Å². The number of nitrogens with zero attached hydrogens (tertiary/aromatic N) is 3. The van der Waals surface area contributed by atoms with Crippen LogP contribution in [0.5, 0.6) is 0 Å². The van der Waals surface area contributed by atoms with Gasteiger partial charge in [0.15, 0.2) is 0 Å². The minimum absolute atomic E-state index is 0.687. The van der Waals surface area contributed by atoms with Crippen LogP contribution >= 0.6 is 15.9 Å². The summed E-state index contributed by atoms with van der Waals surface area (Å²) in [5.41, 5.74) is 2.51. The fourth-order valence-electron chi connectivity index (χ4n) is 3.02. The zero-order valence-corrected chi connectivity index (χ0v) is 13.8. The minimum Gasteiger partial charge on any atom is -0.358 e. The van der Waals surface area contributed by atoms with E-state index in [4.69, 9.17) is 0 Å². The van der Waals surface area contributed by atoms with E-state index >= 15 is 0 Å². The van der Waals surface area contributed by atoms with Gasteiger partial charge in [-0.2, -0.15) is 0 Å². The molecule has 0 aliphatic carbocycles. The summed E-state index contributed by atoms with van der Waals surface area (Å²) in [6.45, 7) is 7.90. The smallest absolute Gasteiger partial charge is 0.131 e. The monoisotopic (exact) mass is 325 g/mol. The van der Waals surface area contributed by atoms with Gasteiger partial charge in [0.25, 0.3) is 0 Å². The van der Waals surface area contributed by atoms with Crippen LogP contribution in [-0.4, -0.2) is 42.6 Å². The van der Waals surface area contributed by atoms with E-state index in [1.807, 2.05) is 6.20 Å². The maximum atomic E-state index is 4.62. The summed E-state index contributed by atoms with van der Waals surface area (Å²) in [5.74, 6) is 1.12. The zero-order valence-electron chi connectivity index (χ0n) is 12.2. The van der Waals surface area contributed by atoms with Crippen LogP contribution in [0.1, 0.15) is 30.9 Å². The molecule has 0 bridgehead atoms. The molecule has 19 heavy (non-hydrogen) atoms. The van der Waals surface area contributed by atoms with Gasteiger partial charge >= 0.3 is 0 Å². The van der Waals surface area contributed by atoms with Crippen molar-refractivity contribution in [1.29, 1.82) is 0 Å². The SMILES string of the molecule is CCN1CCCC1CN(C)c1ncc(CBr)cc1C. The molecule has 3 nitrogen and oxygen atoms in total. The zero-order chi connectivity index (χ0) is 13.8. The summed E-state index contributed by atoms with van der Waals surface area (Å²) in [5, 5.41) is 0.872. The molecular weight excluding hydrogens is 302 g/mol. The summed E-state index contributed by atoms with van der Waals surface area (Å²) in [6, 6.07) is 2.91. The molecule has 1 fully saturated rings. The van der Waals surface area contributed by atoms with Crippen molar-refractivity contribution in [2.24, 2.45) is 0 Å². The van der Waals surface area contributed by atoms with Crippen molar-refractivity contribution >= 4 is 21.7 Å². The van der Waals surface area contributed by atoms with E-state index < -0.39 is 0 Å². The first-order chi connectivity index (χ1) is 9.15. The molecule has 0 amide bonds. The van der Waals surface area contributed by atoms with Gasteiger partial charge in [-0.1, -0.05) is 28.9 Å². The van der Waals surface area contributed by atoms with Gasteiger partial charge in [0.05, 0.1) is 0 Å². The Morgan fingerprint density at radius 1 is 1.53 bits per heavy atom. The van der Waals surface area contributed by atoms with Gasteiger partial charge in [-0.25, -0.2) is 4.98 Å². The van der Waals surface area contributed by atoms with Crippen molar-refractivity contribution in [2.75, 3.05) is 31.6 Å². The lowest BCUT2D eigenvalue weighted by Crippen LogP contribution is -2.39. The summed E-state index contributed by atoms with van der Waals surface area (Å²) in [4.78, 5) is 9.51. The highest BCUT2D eigenvalue weighted by atomic mass is 79.9. The molecule has 0 saturated carbocycles. The Kier molecular flexibility index (Phi) is 5.22. The van der Waals surface area contributed by atoms with E-state index in [0.29, 0.717) is 6.04 Å². The Labute approximate surface area is 125 Å². The third-order valence-corrected chi connectivity index (χ3v) is 4.66. The molecule has 1 aliphatic rings. The summed E-state index contributed by atoms with van der Waals surface area (Å²) >= 11 is 3.48. The molecule has 0 N–H and O–H groups in total. The Morgan fingerprint density at radius 2 is 2.32 bits per heavy atom. The molecule has 1 atom stereocenters. The average Bonchev–Trinajstić information content (AvgIpc) is 2.85.